The third kappa shape index (κ3) is 2.76. The van der Waals surface area contributed by atoms with Crippen molar-refractivity contribution >= 4 is 22.9 Å². The Bertz CT molecular complexity index is 433. The minimum Gasteiger partial charge on any atom is -0.389 e. The number of nitrogens with zero attached hydrogens (tertiary/aromatic N) is 1. The van der Waals surface area contributed by atoms with Crippen LogP contribution in [-0.2, 0) is 4.74 Å². The molecule has 1 aliphatic heterocycles. The summed E-state index contributed by atoms with van der Waals surface area (Å²) in [7, 11) is 0. The van der Waals surface area contributed by atoms with Crippen LogP contribution in [0.25, 0.3) is 0 Å². The van der Waals surface area contributed by atoms with E-state index in [1.165, 1.54) is 5.69 Å². The van der Waals surface area contributed by atoms with Gasteiger partial charge in [-0.2, -0.15) is 0 Å². The van der Waals surface area contributed by atoms with Gasteiger partial charge in [-0.25, -0.2) is 0 Å². The summed E-state index contributed by atoms with van der Waals surface area (Å²) in [6.45, 7) is 6.81. The number of hydrogen-bond donors (Lipinski definition) is 1. The molecule has 1 aromatic carbocycles. The standard InChI is InChI=1S/C13H18N2OS/c1-9-7-11(3-4-12(9)13(14)17)15-5-6-16-10(2)8-15/h3-4,7,10H,5-6,8H2,1-2H3,(H2,14,17). The van der Waals surface area contributed by atoms with Gasteiger partial charge in [-0.05, 0) is 37.6 Å². The molecule has 0 saturated carbocycles. The molecule has 92 valence electrons. The van der Waals surface area contributed by atoms with E-state index in [2.05, 4.69) is 24.0 Å². The van der Waals surface area contributed by atoms with Crippen molar-refractivity contribution < 1.29 is 4.74 Å². The van der Waals surface area contributed by atoms with Crippen LogP contribution < -0.4 is 10.6 Å². The molecule has 1 atom stereocenters. The highest BCUT2D eigenvalue weighted by Gasteiger charge is 2.17. The van der Waals surface area contributed by atoms with Gasteiger partial charge in [0, 0.05) is 24.3 Å². The van der Waals surface area contributed by atoms with Crippen molar-refractivity contribution in [1.29, 1.82) is 0 Å². The number of thiocarbonyl (C=S) groups is 1. The molecule has 0 radical (unpaired) electrons. The van der Waals surface area contributed by atoms with Gasteiger partial charge < -0.3 is 15.4 Å². The van der Waals surface area contributed by atoms with Crippen molar-refractivity contribution in [2.45, 2.75) is 20.0 Å². The van der Waals surface area contributed by atoms with Gasteiger partial charge in [-0.3, -0.25) is 0 Å². The number of rotatable bonds is 2. The topological polar surface area (TPSA) is 38.5 Å². The number of benzene rings is 1. The fourth-order valence-corrected chi connectivity index (χ4v) is 2.40. The molecule has 2 rings (SSSR count). The lowest BCUT2D eigenvalue weighted by Crippen LogP contribution is -2.41. The molecule has 4 heteroatoms. The van der Waals surface area contributed by atoms with Crippen LogP contribution in [-0.4, -0.2) is 30.8 Å². The molecule has 0 spiro atoms. The van der Waals surface area contributed by atoms with Gasteiger partial charge in [-0.1, -0.05) is 12.2 Å². The lowest BCUT2D eigenvalue weighted by Gasteiger charge is -2.33. The van der Waals surface area contributed by atoms with E-state index in [9.17, 15) is 0 Å². The highest BCUT2D eigenvalue weighted by Crippen LogP contribution is 2.21. The number of ether oxygens (including phenoxy) is 1. The second-order valence-electron chi connectivity index (χ2n) is 4.49. The third-order valence-corrected chi connectivity index (χ3v) is 3.30. The fourth-order valence-electron chi connectivity index (χ4n) is 2.17. The Balaban J connectivity index is 2.22. The Morgan fingerprint density at radius 1 is 1.53 bits per heavy atom. The summed E-state index contributed by atoms with van der Waals surface area (Å²) in [5, 5.41) is 0. The highest BCUT2D eigenvalue weighted by atomic mass is 32.1. The first-order valence-corrected chi connectivity index (χ1v) is 6.26. The minimum absolute atomic E-state index is 0.291. The van der Waals surface area contributed by atoms with Crippen molar-refractivity contribution in [3.63, 3.8) is 0 Å². The van der Waals surface area contributed by atoms with Crippen LogP contribution in [0.3, 0.4) is 0 Å². The summed E-state index contributed by atoms with van der Waals surface area (Å²) in [5.74, 6) is 0. The van der Waals surface area contributed by atoms with Crippen molar-refractivity contribution in [3.05, 3.63) is 29.3 Å². The SMILES string of the molecule is Cc1cc(N2CCOC(C)C2)ccc1C(N)=S. The van der Waals surface area contributed by atoms with Crippen LogP contribution in [0.5, 0.6) is 0 Å². The van der Waals surface area contributed by atoms with Crippen LogP contribution in [0, 0.1) is 6.92 Å². The molecule has 0 aliphatic carbocycles. The zero-order chi connectivity index (χ0) is 12.4. The molecule has 1 unspecified atom stereocenters. The van der Waals surface area contributed by atoms with E-state index >= 15 is 0 Å². The number of hydrogen-bond acceptors (Lipinski definition) is 3. The van der Waals surface area contributed by atoms with Gasteiger partial charge in [0.2, 0.25) is 0 Å². The summed E-state index contributed by atoms with van der Waals surface area (Å²) >= 11 is 5.01. The molecule has 1 fully saturated rings. The zero-order valence-electron chi connectivity index (χ0n) is 10.3. The van der Waals surface area contributed by atoms with Crippen molar-refractivity contribution in [3.8, 4) is 0 Å². The van der Waals surface area contributed by atoms with Crippen LogP contribution in [0.15, 0.2) is 18.2 Å². The lowest BCUT2D eigenvalue weighted by molar-refractivity contribution is 0.0532. The minimum atomic E-state index is 0.291. The molecule has 17 heavy (non-hydrogen) atoms. The second kappa shape index (κ2) is 5.02. The Morgan fingerprint density at radius 3 is 2.88 bits per heavy atom. The second-order valence-corrected chi connectivity index (χ2v) is 4.93. The van der Waals surface area contributed by atoms with Crippen LogP contribution in [0.2, 0.25) is 0 Å². The van der Waals surface area contributed by atoms with Crippen LogP contribution in [0.1, 0.15) is 18.1 Å². The quantitative estimate of drug-likeness (QED) is 0.813. The maximum atomic E-state index is 5.66. The van der Waals surface area contributed by atoms with Crippen LogP contribution >= 0.6 is 12.2 Å². The summed E-state index contributed by atoms with van der Waals surface area (Å²) < 4.78 is 5.54. The first-order valence-electron chi connectivity index (χ1n) is 5.85. The lowest BCUT2D eigenvalue weighted by atomic mass is 10.1. The zero-order valence-corrected chi connectivity index (χ0v) is 11.1. The van der Waals surface area contributed by atoms with Gasteiger partial charge in [0.15, 0.2) is 0 Å². The molecular formula is C13H18N2OS. The van der Waals surface area contributed by atoms with Gasteiger partial charge in [-0.15, -0.1) is 0 Å². The number of aryl methyl sites for hydroxylation is 1. The largest absolute Gasteiger partial charge is 0.389 e. The van der Waals surface area contributed by atoms with Crippen molar-refractivity contribution in [2.75, 3.05) is 24.6 Å². The average molecular weight is 250 g/mol. The molecule has 2 N–H and O–H groups in total. The Morgan fingerprint density at radius 2 is 2.29 bits per heavy atom. The van der Waals surface area contributed by atoms with E-state index in [4.69, 9.17) is 22.7 Å². The summed E-state index contributed by atoms with van der Waals surface area (Å²) in [4.78, 5) is 2.80. The highest BCUT2D eigenvalue weighted by molar-refractivity contribution is 7.80. The first-order chi connectivity index (χ1) is 8.08. The van der Waals surface area contributed by atoms with E-state index in [1.807, 2.05) is 13.0 Å². The number of nitrogens with two attached hydrogens (primary N) is 1. The van der Waals surface area contributed by atoms with Gasteiger partial charge in [0.05, 0.1) is 12.7 Å². The Kier molecular flexibility index (Phi) is 3.64. The van der Waals surface area contributed by atoms with Gasteiger partial charge in [0.1, 0.15) is 4.99 Å². The molecule has 1 aliphatic rings. The van der Waals surface area contributed by atoms with E-state index < -0.39 is 0 Å². The van der Waals surface area contributed by atoms with Crippen molar-refractivity contribution in [2.24, 2.45) is 5.73 Å². The smallest absolute Gasteiger partial charge is 0.104 e. The van der Waals surface area contributed by atoms with Crippen molar-refractivity contribution in [1.82, 2.24) is 0 Å². The first kappa shape index (κ1) is 12.3. The van der Waals surface area contributed by atoms with Gasteiger partial charge in [0.25, 0.3) is 0 Å². The normalized spacial score (nSPS) is 20.4. The fraction of sp³-hybridized carbons (Fsp3) is 0.462. The molecule has 0 amide bonds. The maximum Gasteiger partial charge on any atom is 0.104 e. The molecule has 3 nitrogen and oxygen atoms in total. The predicted molar refractivity (Wildman–Crippen MR) is 74.7 cm³/mol. The third-order valence-electron chi connectivity index (χ3n) is 3.08. The number of anilines is 1. The Labute approximate surface area is 108 Å². The maximum absolute atomic E-state index is 5.66. The van der Waals surface area contributed by atoms with Gasteiger partial charge >= 0.3 is 0 Å². The molecule has 1 heterocycles. The molecule has 0 bridgehead atoms. The Hall–Kier alpha value is -1.13. The van der Waals surface area contributed by atoms with E-state index in [1.54, 1.807) is 0 Å². The molecule has 1 aromatic rings. The molecular weight excluding hydrogens is 232 g/mol. The van der Waals surface area contributed by atoms with Crippen LogP contribution in [0.4, 0.5) is 5.69 Å². The molecule has 0 aromatic heterocycles. The van der Waals surface area contributed by atoms with E-state index in [-0.39, 0.29) is 0 Å². The summed E-state index contributed by atoms with van der Waals surface area (Å²) in [6, 6.07) is 6.24. The average Bonchev–Trinajstić information content (AvgIpc) is 2.28. The van der Waals surface area contributed by atoms with E-state index in [0.29, 0.717) is 11.1 Å². The summed E-state index contributed by atoms with van der Waals surface area (Å²) in [6.07, 6.45) is 0.291. The number of morpholine rings is 1. The predicted octanol–water partition coefficient (Wildman–Crippen LogP) is 1.85. The molecule has 1 saturated heterocycles. The van der Waals surface area contributed by atoms with E-state index in [0.717, 1.165) is 30.8 Å². The monoisotopic (exact) mass is 250 g/mol. The summed E-state index contributed by atoms with van der Waals surface area (Å²) in [5.41, 5.74) is 8.98.